The number of anilines is 1. The Balaban J connectivity index is 2.10. The number of carbonyl (C=O) groups excluding carboxylic acids is 1. The van der Waals surface area contributed by atoms with E-state index in [0.29, 0.717) is 11.4 Å². The number of halogens is 1. The highest BCUT2D eigenvalue weighted by atomic mass is 19.1. The molecule has 0 saturated carbocycles. The van der Waals surface area contributed by atoms with Gasteiger partial charge in [-0.05, 0) is 24.3 Å². The minimum absolute atomic E-state index is 0.0687. The number of hydrogen-bond donors (Lipinski definition) is 1. The largest absolute Gasteiger partial charge is 0.364 e. The standard InChI is InChI=1S/C13H13FN2O/c1-16(12-7-3-2-5-10(12)14)9-13(17)11-6-4-8-15-11/h2-8,15H,9H2,1H3. The van der Waals surface area contributed by atoms with E-state index in [-0.39, 0.29) is 18.1 Å². The van der Waals surface area contributed by atoms with Crippen molar-refractivity contribution in [2.45, 2.75) is 0 Å². The van der Waals surface area contributed by atoms with Gasteiger partial charge >= 0.3 is 0 Å². The molecular formula is C13H13FN2O. The van der Waals surface area contributed by atoms with E-state index in [2.05, 4.69) is 4.98 Å². The number of aromatic amines is 1. The summed E-state index contributed by atoms with van der Waals surface area (Å²) in [6.07, 6.45) is 1.69. The van der Waals surface area contributed by atoms with Crippen LogP contribution in [0.1, 0.15) is 10.5 Å². The van der Waals surface area contributed by atoms with Crippen LogP contribution in [0.25, 0.3) is 0 Å². The second-order valence-corrected chi connectivity index (χ2v) is 3.81. The van der Waals surface area contributed by atoms with E-state index in [9.17, 15) is 9.18 Å². The lowest BCUT2D eigenvalue weighted by atomic mass is 10.2. The van der Waals surface area contributed by atoms with Crippen molar-refractivity contribution in [1.29, 1.82) is 0 Å². The molecule has 1 heterocycles. The number of hydrogen-bond acceptors (Lipinski definition) is 2. The minimum Gasteiger partial charge on any atom is -0.364 e. The number of nitrogens with zero attached hydrogens (tertiary/aromatic N) is 1. The number of rotatable bonds is 4. The van der Waals surface area contributed by atoms with Crippen molar-refractivity contribution >= 4 is 11.5 Å². The Morgan fingerprint density at radius 2 is 2.06 bits per heavy atom. The maximum atomic E-state index is 13.5. The molecule has 0 spiro atoms. The van der Waals surface area contributed by atoms with Gasteiger partial charge in [-0.1, -0.05) is 12.1 Å². The number of ketones is 1. The molecule has 0 saturated heterocycles. The van der Waals surface area contributed by atoms with Crippen molar-refractivity contribution in [3.05, 3.63) is 54.1 Å². The monoisotopic (exact) mass is 232 g/mol. The predicted octanol–water partition coefficient (Wildman–Crippen LogP) is 2.47. The van der Waals surface area contributed by atoms with E-state index in [1.54, 1.807) is 48.5 Å². The fourth-order valence-corrected chi connectivity index (χ4v) is 1.65. The number of Topliss-reactive ketones (excluding diaryl/α,β-unsaturated/α-hetero) is 1. The molecule has 1 N–H and O–H groups in total. The average molecular weight is 232 g/mol. The topological polar surface area (TPSA) is 36.1 Å². The zero-order chi connectivity index (χ0) is 12.3. The summed E-state index contributed by atoms with van der Waals surface area (Å²) in [5.74, 6) is -0.393. The lowest BCUT2D eigenvalue weighted by Gasteiger charge is -2.18. The fourth-order valence-electron chi connectivity index (χ4n) is 1.65. The van der Waals surface area contributed by atoms with E-state index < -0.39 is 0 Å². The van der Waals surface area contributed by atoms with Crippen LogP contribution in [0.4, 0.5) is 10.1 Å². The van der Waals surface area contributed by atoms with Crippen LogP contribution >= 0.6 is 0 Å². The zero-order valence-corrected chi connectivity index (χ0v) is 9.48. The number of carbonyl (C=O) groups is 1. The Morgan fingerprint density at radius 1 is 1.29 bits per heavy atom. The Hall–Kier alpha value is -2.10. The summed E-state index contributed by atoms with van der Waals surface area (Å²) in [7, 11) is 1.69. The van der Waals surface area contributed by atoms with Gasteiger partial charge in [0.1, 0.15) is 5.82 Å². The quantitative estimate of drug-likeness (QED) is 0.822. The summed E-state index contributed by atoms with van der Waals surface area (Å²) in [5, 5.41) is 0. The Morgan fingerprint density at radius 3 is 2.71 bits per heavy atom. The summed E-state index contributed by atoms with van der Waals surface area (Å²) < 4.78 is 13.5. The molecule has 2 rings (SSSR count). The van der Waals surface area contributed by atoms with E-state index in [1.807, 2.05) is 0 Å². The van der Waals surface area contributed by atoms with Crippen LogP contribution in [0.15, 0.2) is 42.6 Å². The third-order valence-electron chi connectivity index (χ3n) is 2.54. The minimum atomic E-state index is -0.325. The highest BCUT2D eigenvalue weighted by Gasteiger charge is 2.12. The Bertz CT molecular complexity index is 508. The Kier molecular flexibility index (Phi) is 3.23. The molecule has 0 aliphatic heterocycles. The van der Waals surface area contributed by atoms with Gasteiger partial charge in [0.15, 0.2) is 5.78 Å². The lowest BCUT2D eigenvalue weighted by Crippen LogP contribution is -2.26. The fraction of sp³-hybridized carbons (Fsp3) is 0.154. The molecule has 0 aliphatic carbocycles. The number of H-pyrrole nitrogens is 1. The molecule has 0 fully saturated rings. The first kappa shape index (κ1) is 11.4. The van der Waals surface area contributed by atoms with Gasteiger partial charge in [0.25, 0.3) is 0 Å². The molecule has 0 bridgehead atoms. The van der Waals surface area contributed by atoms with Crippen LogP contribution < -0.4 is 4.90 Å². The summed E-state index contributed by atoms with van der Waals surface area (Å²) in [6, 6.07) is 9.86. The van der Waals surface area contributed by atoms with Gasteiger partial charge in [0, 0.05) is 13.2 Å². The van der Waals surface area contributed by atoms with Crippen molar-refractivity contribution in [1.82, 2.24) is 4.98 Å². The van der Waals surface area contributed by atoms with E-state index >= 15 is 0 Å². The van der Waals surface area contributed by atoms with Gasteiger partial charge in [-0.25, -0.2) is 4.39 Å². The molecule has 4 heteroatoms. The third kappa shape index (κ3) is 2.53. The molecule has 1 aromatic heterocycles. The molecule has 2 aromatic rings. The van der Waals surface area contributed by atoms with Gasteiger partial charge in [0.2, 0.25) is 0 Å². The average Bonchev–Trinajstić information content (AvgIpc) is 2.82. The predicted molar refractivity (Wildman–Crippen MR) is 64.8 cm³/mol. The van der Waals surface area contributed by atoms with Gasteiger partial charge in [-0.15, -0.1) is 0 Å². The molecule has 0 aliphatic rings. The maximum Gasteiger partial charge on any atom is 0.198 e. The number of nitrogens with one attached hydrogen (secondary N) is 1. The summed E-state index contributed by atoms with van der Waals surface area (Å²) in [5.41, 5.74) is 0.959. The van der Waals surface area contributed by atoms with Crippen molar-refractivity contribution in [3.8, 4) is 0 Å². The van der Waals surface area contributed by atoms with Crippen molar-refractivity contribution in [3.63, 3.8) is 0 Å². The van der Waals surface area contributed by atoms with Crippen LogP contribution in [0.2, 0.25) is 0 Å². The normalized spacial score (nSPS) is 10.2. The molecule has 88 valence electrons. The zero-order valence-electron chi connectivity index (χ0n) is 9.48. The van der Waals surface area contributed by atoms with Crippen molar-refractivity contribution in [2.24, 2.45) is 0 Å². The van der Waals surface area contributed by atoms with Crippen LogP contribution in [-0.2, 0) is 0 Å². The third-order valence-corrected chi connectivity index (χ3v) is 2.54. The van der Waals surface area contributed by atoms with Crippen LogP contribution in [0, 0.1) is 5.82 Å². The highest BCUT2D eigenvalue weighted by Crippen LogP contribution is 2.17. The van der Waals surface area contributed by atoms with Gasteiger partial charge in [0.05, 0.1) is 17.9 Å². The molecule has 0 unspecified atom stereocenters. The number of aromatic nitrogens is 1. The van der Waals surface area contributed by atoms with E-state index in [4.69, 9.17) is 0 Å². The first-order chi connectivity index (χ1) is 8.18. The van der Waals surface area contributed by atoms with Crippen LogP contribution in [-0.4, -0.2) is 24.4 Å². The van der Waals surface area contributed by atoms with Gasteiger partial charge < -0.3 is 9.88 Å². The van der Waals surface area contributed by atoms with Crippen LogP contribution in [0.5, 0.6) is 0 Å². The van der Waals surface area contributed by atoms with Gasteiger partial charge in [-0.2, -0.15) is 0 Å². The number of para-hydroxylation sites is 1. The van der Waals surface area contributed by atoms with Gasteiger partial charge in [-0.3, -0.25) is 4.79 Å². The molecule has 1 aromatic carbocycles. The second kappa shape index (κ2) is 4.82. The van der Waals surface area contributed by atoms with Crippen molar-refractivity contribution in [2.75, 3.05) is 18.5 Å². The SMILES string of the molecule is CN(CC(=O)c1ccc[nH]1)c1ccccc1F. The first-order valence-electron chi connectivity index (χ1n) is 5.31. The molecular weight excluding hydrogens is 219 g/mol. The van der Waals surface area contributed by atoms with E-state index in [1.165, 1.54) is 6.07 Å². The summed E-state index contributed by atoms with van der Waals surface area (Å²) in [4.78, 5) is 16.2. The summed E-state index contributed by atoms with van der Waals surface area (Å²) >= 11 is 0. The maximum absolute atomic E-state index is 13.5. The first-order valence-corrected chi connectivity index (χ1v) is 5.31. The molecule has 3 nitrogen and oxygen atoms in total. The molecule has 17 heavy (non-hydrogen) atoms. The smallest absolute Gasteiger partial charge is 0.198 e. The van der Waals surface area contributed by atoms with Crippen LogP contribution in [0.3, 0.4) is 0 Å². The highest BCUT2D eigenvalue weighted by molar-refractivity contribution is 5.97. The molecule has 0 atom stereocenters. The van der Waals surface area contributed by atoms with E-state index in [0.717, 1.165) is 0 Å². The summed E-state index contributed by atoms with van der Waals surface area (Å²) in [6.45, 7) is 0.140. The molecule has 0 amide bonds. The number of likely N-dealkylation sites (N-methyl/N-ethyl adjacent to an activating group) is 1. The Labute approximate surface area is 98.9 Å². The van der Waals surface area contributed by atoms with Crippen molar-refractivity contribution < 1.29 is 9.18 Å². The number of benzene rings is 1. The molecule has 0 radical (unpaired) electrons. The lowest BCUT2D eigenvalue weighted by molar-refractivity contribution is 0.0996. The second-order valence-electron chi connectivity index (χ2n) is 3.81.